The van der Waals surface area contributed by atoms with Gasteiger partial charge in [0.15, 0.2) is 0 Å². The Labute approximate surface area is 146 Å². The number of aryl methyl sites for hydroxylation is 3. The van der Waals surface area contributed by atoms with Crippen LogP contribution in [0.4, 0.5) is 0 Å². The normalized spacial score (nSPS) is 11.0. The number of amides is 1. The van der Waals surface area contributed by atoms with Crippen LogP contribution in [0.3, 0.4) is 0 Å². The van der Waals surface area contributed by atoms with E-state index in [1.54, 1.807) is 0 Å². The number of benzene rings is 1. The third kappa shape index (κ3) is 4.45. The van der Waals surface area contributed by atoms with Crippen molar-refractivity contribution < 1.29 is 4.79 Å². The standard InChI is InChI=1S/C19H23N3OS/c1-15-10-11-17(24-15)7-4-9-19(23)20-12-5-13-22-18-8-3-2-6-16(18)14-21-22/h2-3,6,8,10-11,14H,4-5,7,9,12-13H2,1H3,(H,20,23). The minimum Gasteiger partial charge on any atom is -0.356 e. The van der Waals surface area contributed by atoms with Gasteiger partial charge in [-0.1, -0.05) is 18.2 Å². The van der Waals surface area contributed by atoms with Gasteiger partial charge in [0.25, 0.3) is 0 Å². The SMILES string of the molecule is Cc1ccc(CCCC(=O)NCCCn2ncc3ccccc32)s1. The van der Waals surface area contributed by atoms with Crippen molar-refractivity contribution in [1.29, 1.82) is 0 Å². The van der Waals surface area contributed by atoms with Crippen LogP contribution in [0.1, 0.15) is 29.0 Å². The molecule has 0 bridgehead atoms. The van der Waals surface area contributed by atoms with Crippen LogP contribution < -0.4 is 5.32 Å². The largest absolute Gasteiger partial charge is 0.356 e. The first-order chi connectivity index (χ1) is 11.7. The number of hydrogen-bond donors (Lipinski definition) is 1. The van der Waals surface area contributed by atoms with E-state index in [0.717, 1.165) is 36.7 Å². The lowest BCUT2D eigenvalue weighted by molar-refractivity contribution is -0.121. The van der Waals surface area contributed by atoms with Gasteiger partial charge in [0.1, 0.15) is 0 Å². The molecule has 3 rings (SSSR count). The summed E-state index contributed by atoms with van der Waals surface area (Å²) in [5, 5.41) is 8.57. The van der Waals surface area contributed by atoms with Crippen molar-refractivity contribution in [2.75, 3.05) is 6.54 Å². The quantitative estimate of drug-likeness (QED) is 0.631. The number of rotatable bonds is 8. The van der Waals surface area contributed by atoms with Crippen molar-refractivity contribution in [2.24, 2.45) is 0 Å². The number of nitrogens with one attached hydrogen (secondary N) is 1. The third-order valence-electron chi connectivity index (χ3n) is 4.04. The van der Waals surface area contributed by atoms with Gasteiger partial charge in [-0.05, 0) is 44.4 Å². The van der Waals surface area contributed by atoms with E-state index in [2.05, 4.69) is 41.6 Å². The lowest BCUT2D eigenvalue weighted by atomic mass is 10.2. The Morgan fingerprint density at radius 2 is 2.08 bits per heavy atom. The molecule has 126 valence electrons. The first-order valence-electron chi connectivity index (χ1n) is 8.45. The van der Waals surface area contributed by atoms with E-state index in [1.165, 1.54) is 9.75 Å². The molecule has 1 N–H and O–H groups in total. The van der Waals surface area contributed by atoms with Gasteiger partial charge in [-0.25, -0.2) is 0 Å². The maximum atomic E-state index is 11.9. The fraction of sp³-hybridized carbons (Fsp3) is 0.368. The van der Waals surface area contributed by atoms with Gasteiger partial charge in [0.05, 0.1) is 11.7 Å². The maximum Gasteiger partial charge on any atom is 0.220 e. The van der Waals surface area contributed by atoms with Crippen molar-refractivity contribution in [1.82, 2.24) is 15.1 Å². The summed E-state index contributed by atoms with van der Waals surface area (Å²) < 4.78 is 2.00. The molecule has 0 saturated carbocycles. The van der Waals surface area contributed by atoms with Crippen LogP contribution in [0.25, 0.3) is 10.9 Å². The Balaban J connectivity index is 1.33. The second kappa shape index (κ2) is 8.11. The van der Waals surface area contributed by atoms with Crippen molar-refractivity contribution in [3.05, 3.63) is 52.3 Å². The lowest BCUT2D eigenvalue weighted by Crippen LogP contribution is -2.25. The number of nitrogens with zero attached hydrogens (tertiary/aromatic N) is 2. The van der Waals surface area contributed by atoms with Crippen LogP contribution in [0.15, 0.2) is 42.6 Å². The molecule has 0 aliphatic carbocycles. The average molecular weight is 341 g/mol. The molecular weight excluding hydrogens is 318 g/mol. The van der Waals surface area contributed by atoms with Gasteiger partial charge in [0, 0.05) is 34.7 Å². The van der Waals surface area contributed by atoms with Crippen LogP contribution in [-0.4, -0.2) is 22.2 Å². The van der Waals surface area contributed by atoms with E-state index in [9.17, 15) is 4.79 Å². The highest BCUT2D eigenvalue weighted by atomic mass is 32.1. The second-order valence-corrected chi connectivity index (χ2v) is 7.37. The van der Waals surface area contributed by atoms with Crippen LogP contribution in [0.5, 0.6) is 0 Å². The number of carbonyl (C=O) groups excluding carboxylic acids is 1. The summed E-state index contributed by atoms with van der Waals surface area (Å²) >= 11 is 1.82. The van der Waals surface area contributed by atoms with E-state index in [4.69, 9.17) is 0 Å². The fourth-order valence-corrected chi connectivity index (χ4v) is 3.72. The molecule has 1 aromatic carbocycles. The summed E-state index contributed by atoms with van der Waals surface area (Å²) in [6.07, 6.45) is 5.28. The molecule has 0 radical (unpaired) electrons. The number of para-hydroxylation sites is 1. The second-order valence-electron chi connectivity index (χ2n) is 6.00. The Hall–Kier alpha value is -2.14. The predicted octanol–water partition coefficient (Wildman–Crippen LogP) is 3.94. The monoisotopic (exact) mass is 341 g/mol. The number of carbonyl (C=O) groups is 1. The van der Waals surface area contributed by atoms with E-state index in [1.807, 2.05) is 34.3 Å². The summed E-state index contributed by atoms with van der Waals surface area (Å²) in [7, 11) is 0. The molecule has 4 nitrogen and oxygen atoms in total. The zero-order valence-electron chi connectivity index (χ0n) is 14.0. The molecule has 0 atom stereocenters. The van der Waals surface area contributed by atoms with Gasteiger partial charge in [-0.2, -0.15) is 5.10 Å². The number of thiophene rings is 1. The minimum absolute atomic E-state index is 0.147. The molecule has 0 saturated heterocycles. The fourth-order valence-electron chi connectivity index (χ4n) is 2.79. The minimum atomic E-state index is 0.147. The van der Waals surface area contributed by atoms with E-state index in [-0.39, 0.29) is 5.91 Å². The van der Waals surface area contributed by atoms with Crippen LogP contribution >= 0.6 is 11.3 Å². The van der Waals surface area contributed by atoms with E-state index < -0.39 is 0 Å². The zero-order valence-corrected chi connectivity index (χ0v) is 14.8. The van der Waals surface area contributed by atoms with Crippen LogP contribution in [0, 0.1) is 6.92 Å². The van der Waals surface area contributed by atoms with Gasteiger partial charge >= 0.3 is 0 Å². The number of fused-ring (bicyclic) bond motifs is 1. The summed E-state index contributed by atoms with van der Waals surface area (Å²) in [6.45, 7) is 3.64. The molecule has 0 spiro atoms. The third-order valence-corrected chi connectivity index (χ3v) is 5.10. The summed E-state index contributed by atoms with van der Waals surface area (Å²) in [5.41, 5.74) is 1.15. The van der Waals surface area contributed by atoms with E-state index in [0.29, 0.717) is 13.0 Å². The van der Waals surface area contributed by atoms with Crippen LogP contribution in [-0.2, 0) is 17.8 Å². The van der Waals surface area contributed by atoms with Gasteiger partial charge in [-0.15, -0.1) is 11.3 Å². The molecule has 0 aliphatic rings. The number of hydrogen-bond acceptors (Lipinski definition) is 3. The zero-order chi connectivity index (χ0) is 16.8. The van der Waals surface area contributed by atoms with Gasteiger partial charge in [-0.3, -0.25) is 9.48 Å². The molecule has 0 unspecified atom stereocenters. The topological polar surface area (TPSA) is 46.9 Å². The molecule has 1 amide bonds. The summed E-state index contributed by atoms with van der Waals surface area (Å²) in [5.74, 6) is 0.147. The molecule has 0 aliphatic heterocycles. The van der Waals surface area contributed by atoms with Gasteiger partial charge in [0.2, 0.25) is 5.91 Å². The molecule has 5 heteroatoms. The van der Waals surface area contributed by atoms with Crippen molar-refractivity contribution in [2.45, 2.75) is 39.2 Å². The van der Waals surface area contributed by atoms with Crippen molar-refractivity contribution >= 4 is 28.1 Å². The van der Waals surface area contributed by atoms with Crippen molar-refractivity contribution in [3.63, 3.8) is 0 Å². The maximum absolute atomic E-state index is 11.9. The highest BCUT2D eigenvalue weighted by Crippen LogP contribution is 2.17. The molecule has 2 heterocycles. The predicted molar refractivity (Wildman–Crippen MR) is 99.4 cm³/mol. The first-order valence-corrected chi connectivity index (χ1v) is 9.26. The summed E-state index contributed by atoms with van der Waals surface area (Å²) in [6, 6.07) is 12.5. The molecule has 2 aromatic heterocycles. The Morgan fingerprint density at radius 3 is 2.92 bits per heavy atom. The summed E-state index contributed by atoms with van der Waals surface area (Å²) in [4.78, 5) is 14.6. The Kier molecular flexibility index (Phi) is 5.64. The highest BCUT2D eigenvalue weighted by molar-refractivity contribution is 7.11. The Morgan fingerprint density at radius 1 is 1.21 bits per heavy atom. The first kappa shape index (κ1) is 16.7. The highest BCUT2D eigenvalue weighted by Gasteiger charge is 2.04. The lowest BCUT2D eigenvalue weighted by Gasteiger charge is -2.06. The smallest absolute Gasteiger partial charge is 0.220 e. The van der Waals surface area contributed by atoms with Crippen LogP contribution in [0.2, 0.25) is 0 Å². The average Bonchev–Trinajstić information content (AvgIpc) is 3.18. The molecule has 24 heavy (non-hydrogen) atoms. The van der Waals surface area contributed by atoms with Crippen molar-refractivity contribution in [3.8, 4) is 0 Å². The Bertz CT molecular complexity index is 806. The molecular formula is C19H23N3OS. The number of aromatic nitrogens is 2. The molecule has 0 fully saturated rings. The molecule has 3 aromatic rings. The van der Waals surface area contributed by atoms with E-state index >= 15 is 0 Å². The van der Waals surface area contributed by atoms with Gasteiger partial charge < -0.3 is 5.32 Å².